The molecule has 1 N–H and O–H groups in total. The second-order valence-corrected chi connectivity index (χ2v) is 6.87. The zero-order chi connectivity index (χ0) is 19.4. The number of nitrogens with zero attached hydrogens (tertiary/aromatic N) is 1. The smallest absolute Gasteiger partial charge is 0.231 e. The lowest BCUT2D eigenvalue weighted by atomic mass is 10.1. The maximum absolute atomic E-state index is 12.2. The van der Waals surface area contributed by atoms with Gasteiger partial charge >= 0.3 is 0 Å². The highest BCUT2D eigenvalue weighted by atomic mass is 16.7. The van der Waals surface area contributed by atoms with Gasteiger partial charge in [-0.05, 0) is 49.7 Å². The van der Waals surface area contributed by atoms with E-state index in [1.54, 1.807) is 19.2 Å². The summed E-state index contributed by atoms with van der Waals surface area (Å²) < 4.78 is 16.0. The molecule has 1 aliphatic heterocycles. The standard InChI is InChI=1S/C21H26N2O4/c1-14-9-16(10-15(2)21(14)25-4)12-23(3)8-7-20(24)22-17-5-6-18-19(11-17)27-13-26-18/h5-6,9-11H,7-8,12-13H2,1-4H3,(H,22,24). The Morgan fingerprint density at radius 2 is 1.85 bits per heavy atom. The summed E-state index contributed by atoms with van der Waals surface area (Å²) in [4.78, 5) is 14.4. The van der Waals surface area contributed by atoms with Crippen LogP contribution in [0.15, 0.2) is 30.3 Å². The third-order valence-electron chi connectivity index (χ3n) is 4.55. The number of carbonyl (C=O) groups excluding carboxylic acids is 1. The highest BCUT2D eigenvalue weighted by molar-refractivity contribution is 5.91. The van der Waals surface area contributed by atoms with E-state index in [-0.39, 0.29) is 12.7 Å². The van der Waals surface area contributed by atoms with Gasteiger partial charge in [0.25, 0.3) is 0 Å². The van der Waals surface area contributed by atoms with Crippen LogP contribution in [-0.2, 0) is 11.3 Å². The number of fused-ring (bicyclic) bond motifs is 1. The molecule has 0 unspecified atom stereocenters. The summed E-state index contributed by atoms with van der Waals surface area (Å²) in [5, 5.41) is 2.91. The fraction of sp³-hybridized carbons (Fsp3) is 0.381. The van der Waals surface area contributed by atoms with Gasteiger partial charge in [0, 0.05) is 31.3 Å². The van der Waals surface area contributed by atoms with Crippen molar-refractivity contribution in [1.29, 1.82) is 0 Å². The molecule has 0 saturated carbocycles. The number of carbonyl (C=O) groups is 1. The minimum absolute atomic E-state index is 0.0252. The predicted octanol–water partition coefficient (Wildman–Crippen LogP) is 3.50. The lowest BCUT2D eigenvalue weighted by molar-refractivity contribution is -0.116. The van der Waals surface area contributed by atoms with Crippen LogP contribution in [0, 0.1) is 13.8 Å². The summed E-state index contributed by atoms with van der Waals surface area (Å²) >= 11 is 0. The molecular weight excluding hydrogens is 344 g/mol. The number of hydrogen-bond donors (Lipinski definition) is 1. The number of ether oxygens (including phenoxy) is 3. The summed E-state index contributed by atoms with van der Waals surface area (Å²) in [6, 6.07) is 9.67. The van der Waals surface area contributed by atoms with E-state index in [2.05, 4.69) is 22.3 Å². The molecule has 0 fully saturated rings. The van der Waals surface area contributed by atoms with Crippen molar-refractivity contribution >= 4 is 11.6 Å². The summed E-state index contributed by atoms with van der Waals surface area (Å²) in [7, 11) is 3.71. The van der Waals surface area contributed by atoms with Gasteiger partial charge in [-0.25, -0.2) is 0 Å². The number of nitrogens with one attached hydrogen (secondary N) is 1. The third kappa shape index (κ3) is 4.71. The molecule has 0 aliphatic carbocycles. The monoisotopic (exact) mass is 370 g/mol. The first-order valence-corrected chi connectivity index (χ1v) is 8.98. The first-order chi connectivity index (χ1) is 13.0. The van der Waals surface area contributed by atoms with Gasteiger partial charge in [0.2, 0.25) is 12.7 Å². The van der Waals surface area contributed by atoms with Crippen LogP contribution in [0.5, 0.6) is 17.2 Å². The van der Waals surface area contributed by atoms with Crippen molar-refractivity contribution < 1.29 is 19.0 Å². The van der Waals surface area contributed by atoms with Crippen LogP contribution in [0.3, 0.4) is 0 Å². The molecule has 2 aromatic carbocycles. The molecule has 1 amide bonds. The zero-order valence-corrected chi connectivity index (χ0v) is 16.3. The van der Waals surface area contributed by atoms with Gasteiger partial charge < -0.3 is 24.4 Å². The Labute approximate surface area is 160 Å². The van der Waals surface area contributed by atoms with Crippen LogP contribution in [0.1, 0.15) is 23.1 Å². The molecule has 3 rings (SSSR count). The van der Waals surface area contributed by atoms with E-state index in [1.165, 1.54) is 5.56 Å². The van der Waals surface area contributed by atoms with Gasteiger partial charge in [0.1, 0.15) is 5.75 Å². The number of benzene rings is 2. The van der Waals surface area contributed by atoms with Gasteiger partial charge in [0.15, 0.2) is 11.5 Å². The molecule has 0 aromatic heterocycles. The van der Waals surface area contributed by atoms with Crippen molar-refractivity contribution in [3.05, 3.63) is 47.0 Å². The second kappa shape index (κ2) is 8.31. The zero-order valence-electron chi connectivity index (χ0n) is 16.3. The maximum Gasteiger partial charge on any atom is 0.231 e. The van der Waals surface area contributed by atoms with Gasteiger partial charge in [-0.2, -0.15) is 0 Å². The van der Waals surface area contributed by atoms with Gasteiger partial charge in [-0.15, -0.1) is 0 Å². The predicted molar refractivity (Wildman–Crippen MR) is 105 cm³/mol. The van der Waals surface area contributed by atoms with Gasteiger partial charge in [-0.3, -0.25) is 4.79 Å². The molecular formula is C21H26N2O4. The van der Waals surface area contributed by atoms with Crippen LogP contribution in [0.4, 0.5) is 5.69 Å². The first kappa shape index (κ1) is 19.0. The number of methoxy groups -OCH3 is 1. The lowest BCUT2D eigenvalue weighted by Gasteiger charge is -2.18. The molecule has 1 aliphatic rings. The Balaban J connectivity index is 1.50. The fourth-order valence-electron chi connectivity index (χ4n) is 3.33. The summed E-state index contributed by atoms with van der Waals surface area (Å²) in [6.07, 6.45) is 0.416. The Morgan fingerprint density at radius 3 is 2.56 bits per heavy atom. The quantitative estimate of drug-likeness (QED) is 0.808. The fourth-order valence-corrected chi connectivity index (χ4v) is 3.33. The van der Waals surface area contributed by atoms with E-state index < -0.39 is 0 Å². The molecule has 27 heavy (non-hydrogen) atoms. The van der Waals surface area contributed by atoms with Gasteiger partial charge in [0.05, 0.1) is 7.11 Å². The van der Waals surface area contributed by atoms with Crippen molar-refractivity contribution in [2.45, 2.75) is 26.8 Å². The van der Waals surface area contributed by atoms with Crippen LogP contribution in [-0.4, -0.2) is 38.3 Å². The highest BCUT2D eigenvalue weighted by Crippen LogP contribution is 2.34. The second-order valence-electron chi connectivity index (χ2n) is 6.87. The number of aryl methyl sites for hydroxylation is 2. The Morgan fingerprint density at radius 1 is 1.15 bits per heavy atom. The van der Waals surface area contributed by atoms with Crippen LogP contribution in [0.2, 0.25) is 0 Å². The third-order valence-corrected chi connectivity index (χ3v) is 4.55. The molecule has 2 aromatic rings. The molecule has 1 heterocycles. The normalized spacial score (nSPS) is 12.3. The maximum atomic E-state index is 12.2. The average Bonchev–Trinajstić information content (AvgIpc) is 3.07. The number of amides is 1. The lowest BCUT2D eigenvalue weighted by Crippen LogP contribution is -2.24. The van der Waals surface area contributed by atoms with E-state index in [0.717, 1.165) is 23.4 Å². The largest absolute Gasteiger partial charge is 0.496 e. The van der Waals surface area contributed by atoms with Crippen molar-refractivity contribution in [3.8, 4) is 17.2 Å². The Hall–Kier alpha value is -2.73. The minimum Gasteiger partial charge on any atom is -0.496 e. The number of rotatable bonds is 7. The van der Waals surface area contributed by atoms with E-state index in [0.29, 0.717) is 30.2 Å². The molecule has 144 valence electrons. The molecule has 0 bridgehead atoms. The number of anilines is 1. The summed E-state index contributed by atoms with van der Waals surface area (Å²) in [6.45, 7) is 5.77. The number of hydrogen-bond acceptors (Lipinski definition) is 5. The molecule has 6 heteroatoms. The Bertz CT molecular complexity index is 812. The molecule has 6 nitrogen and oxygen atoms in total. The van der Waals surface area contributed by atoms with Crippen LogP contribution >= 0.6 is 0 Å². The minimum atomic E-state index is -0.0252. The van der Waals surface area contributed by atoms with E-state index in [9.17, 15) is 4.79 Å². The molecule has 0 spiro atoms. The Kier molecular flexibility index (Phi) is 5.86. The average molecular weight is 370 g/mol. The van der Waals surface area contributed by atoms with Gasteiger partial charge in [-0.1, -0.05) is 12.1 Å². The van der Waals surface area contributed by atoms with Crippen molar-refractivity contribution in [1.82, 2.24) is 4.90 Å². The highest BCUT2D eigenvalue weighted by Gasteiger charge is 2.14. The van der Waals surface area contributed by atoms with E-state index >= 15 is 0 Å². The summed E-state index contributed by atoms with van der Waals surface area (Å²) in [5.41, 5.74) is 4.18. The molecule has 0 atom stereocenters. The van der Waals surface area contributed by atoms with Crippen molar-refractivity contribution in [2.75, 3.05) is 32.8 Å². The molecule has 0 saturated heterocycles. The van der Waals surface area contributed by atoms with Crippen LogP contribution in [0.25, 0.3) is 0 Å². The topological polar surface area (TPSA) is 60.0 Å². The van der Waals surface area contributed by atoms with E-state index in [4.69, 9.17) is 14.2 Å². The molecule has 0 radical (unpaired) electrons. The van der Waals surface area contributed by atoms with Crippen molar-refractivity contribution in [3.63, 3.8) is 0 Å². The van der Waals surface area contributed by atoms with Crippen LogP contribution < -0.4 is 19.5 Å². The van der Waals surface area contributed by atoms with E-state index in [1.807, 2.05) is 27.0 Å². The van der Waals surface area contributed by atoms with Crippen molar-refractivity contribution in [2.24, 2.45) is 0 Å². The SMILES string of the molecule is COc1c(C)cc(CN(C)CCC(=O)Nc2ccc3c(c2)OCO3)cc1C. The first-order valence-electron chi connectivity index (χ1n) is 8.98. The summed E-state index contributed by atoms with van der Waals surface area (Å²) in [5.74, 6) is 2.28.